The number of aliphatic carboxylic acids is 1. The van der Waals surface area contributed by atoms with E-state index in [4.69, 9.17) is 9.84 Å². The molecule has 0 aliphatic carbocycles. The fraction of sp³-hybridized carbons (Fsp3) is 0.364. The second kappa shape index (κ2) is 4.76. The van der Waals surface area contributed by atoms with Crippen molar-refractivity contribution in [3.05, 3.63) is 29.8 Å². The molecule has 86 valence electrons. The Morgan fingerprint density at radius 3 is 2.69 bits per heavy atom. The number of methoxy groups -OCH3 is 1. The minimum atomic E-state index is -0.756. The Morgan fingerprint density at radius 2 is 2.19 bits per heavy atom. The number of thioether (sulfide) groups is 1. The molecule has 1 aromatic carbocycles. The lowest BCUT2D eigenvalue weighted by atomic mass is 10.2. The van der Waals surface area contributed by atoms with Gasteiger partial charge in [0, 0.05) is 6.54 Å². The van der Waals surface area contributed by atoms with Crippen LogP contribution in [0.25, 0.3) is 0 Å². The molecule has 0 unspecified atom stereocenters. The second-order valence-electron chi connectivity index (χ2n) is 3.52. The van der Waals surface area contributed by atoms with Crippen LogP contribution in [0, 0.1) is 0 Å². The summed E-state index contributed by atoms with van der Waals surface area (Å²) < 4.78 is 5.07. The molecule has 1 saturated heterocycles. The molecule has 1 aromatic rings. The highest BCUT2D eigenvalue weighted by molar-refractivity contribution is 8.01. The Morgan fingerprint density at radius 1 is 1.50 bits per heavy atom. The van der Waals surface area contributed by atoms with Crippen LogP contribution < -0.4 is 10.1 Å². The van der Waals surface area contributed by atoms with Gasteiger partial charge in [0.05, 0.1) is 12.5 Å². The van der Waals surface area contributed by atoms with Gasteiger partial charge in [-0.2, -0.15) is 0 Å². The minimum absolute atomic E-state index is 0.0620. The molecule has 0 amide bonds. The van der Waals surface area contributed by atoms with Gasteiger partial charge in [-0.3, -0.25) is 10.1 Å². The molecule has 2 N–H and O–H groups in total. The molecule has 0 bridgehead atoms. The Labute approximate surface area is 98.0 Å². The number of rotatable bonds is 3. The van der Waals surface area contributed by atoms with Crippen molar-refractivity contribution < 1.29 is 14.6 Å². The number of carboxylic acid groups (broad SMARTS) is 1. The maximum absolute atomic E-state index is 10.8. The maximum Gasteiger partial charge on any atom is 0.318 e. The number of carboxylic acids is 1. The van der Waals surface area contributed by atoms with Gasteiger partial charge in [0.15, 0.2) is 0 Å². The van der Waals surface area contributed by atoms with E-state index in [9.17, 15) is 4.79 Å². The molecule has 1 heterocycles. The van der Waals surface area contributed by atoms with Crippen LogP contribution in [0.4, 0.5) is 0 Å². The molecular formula is C11H13NO3S. The molecule has 2 rings (SSSR count). The Balaban J connectivity index is 2.05. The number of carbonyl (C=O) groups is 1. The molecule has 0 radical (unpaired) electrons. The van der Waals surface area contributed by atoms with E-state index in [-0.39, 0.29) is 10.6 Å². The third-order valence-corrected chi connectivity index (χ3v) is 3.89. The van der Waals surface area contributed by atoms with E-state index in [1.165, 1.54) is 11.8 Å². The number of benzene rings is 1. The Bertz CT molecular complexity index is 379. The Hall–Kier alpha value is -1.20. The average Bonchev–Trinajstić information content (AvgIpc) is 2.78. The summed E-state index contributed by atoms with van der Waals surface area (Å²) >= 11 is 1.43. The molecule has 4 nitrogen and oxygen atoms in total. The molecule has 16 heavy (non-hydrogen) atoms. The number of ether oxygens (including phenoxy) is 1. The van der Waals surface area contributed by atoms with Gasteiger partial charge >= 0.3 is 5.97 Å². The van der Waals surface area contributed by atoms with E-state index in [0.717, 1.165) is 11.3 Å². The molecule has 1 aliphatic rings. The lowest BCUT2D eigenvalue weighted by molar-refractivity contribution is -0.136. The first kappa shape index (κ1) is 11.3. The van der Waals surface area contributed by atoms with Gasteiger partial charge in [-0.1, -0.05) is 12.1 Å². The van der Waals surface area contributed by atoms with Crippen molar-refractivity contribution in [1.82, 2.24) is 5.32 Å². The van der Waals surface area contributed by atoms with Gasteiger partial charge in [-0.25, -0.2) is 0 Å². The average molecular weight is 239 g/mol. The van der Waals surface area contributed by atoms with Crippen molar-refractivity contribution in [2.45, 2.75) is 10.6 Å². The lowest BCUT2D eigenvalue weighted by Gasteiger charge is -2.10. The molecule has 2 atom stereocenters. The van der Waals surface area contributed by atoms with E-state index in [1.54, 1.807) is 7.11 Å². The predicted molar refractivity (Wildman–Crippen MR) is 62.8 cm³/mol. The van der Waals surface area contributed by atoms with Gasteiger partial charge in [0.1, 0.15) is 11.0 Å². The summed E-state index contributed by atoms with van der Waals surface area (Å²) in [7, 11) is 1.62. The quantitative estimate of drug-likeness (QED) is 0.836. The standard InChI is InChI=1S/C11H13NO3S/c1-15-8-4-2-7(3-5-8)10-12-6-9(16-10)11(13)14/h2-5,9-10,12H,6H2,1H3,(H,13,14)/t9-,10+/m0/s1. The van der Waals surface area contributed by atoms with Crippen molar-refractivity contribution in [2.24, 2.45) is 0 Å². The van der Waals surface area contributed by atoms with Crippen molar-refractivity contribution >= 4 is 17.7 Å². The summed E-state index contributed by atoms with van der Waals surface area (Å²) in [6.07, 6.45) is 0. The summed E-state index contributed by atoms with van der Waals surface area (Å²) in [5.74, 6) is 0.0510. The monoisotopic (exact) mass is 239 g/mol. The third kappa shape index (κ3) is 2.31. The normalized spacial score (nSPS) is 24.3. The fourth-order valence-corrected chi connectivity index (χ4v) is 2.74. The number of hydrogen-bond acceptors (Lipinski definition) is 4. The molecule has 1 fully saturated rings. The smallest absolute Gasteiger partial charge is 0.318 e. The first-order valence-electron chi connectivity index (χ1n) is 4.96. The molecule has 5 heteroatoms. The third-order valence-electron chi connectivity index (χ3n) is 2.48. The fourth-order valence-electron chi connectivity index (χ4n) is 1.60. The van der Waals surface area contributed by atoms with E-state index in [2.05, 4.69) is 5.32 Å². The zero-order valence-corrected chi connectivity index (χ0v) is 9.66. The summed E-state index contributed by atoms with van der Waals surface area (Å²) in [5, 5.41) is 11.8. The summed E-state index contributed by atoms with van der Waals surface area (Å²) in [6, 6.07) is 7.67. The van der Waals surface area contributed by atoms with Crippen molar-refractivity contribution in [1.29, 1.82) is 0 Å². The van der Waals surface area contributed by atoms with Crippen molar-refractivity contribution in [3.8, 4) is 5.75 Å². The molecule has 0 aromatic heterocycles. The van der Waals surface area contributed by atoms with E-state index in [1.807, 2.05) is 24.3 Å². The molecule has 0 spiro atoms. The molecule has 0 saturated carbocycles. The molecular weight excluding hydrogens is 226 g/mol. The van der Waals surface area contributed by atoms with Gasteiger partial charge in [-0.15, -0.1) is 11.8 Å². The van der Waals surface area contributed by atoms with Gasteiger partial charge in [0.2, 0.25) is 0 Å². The van der Waals surface area contributed by atoms with Crippen LogP contribution in [-0.2, 0) is 4.79 Å². The zero-order chi connectivity index (χ0) is 11.5. The number of hydrogen-bond donors (Lipinski definition) is 2. The lowest BCUT2D eigenvalue weighted by Crippen LogP contribution is -2.21. The SMILES string of the molecule is COc1ccc([C@@H]2NC[C@@H](C(=O)O)S2)cc1. The van der Waals surface area contributed by atoms with E-state index < -0.39 is 5.97 Å². The number of nitrogens with one attached hydrogen (secondary N) is 1. The minimum Gasteiger partial charge on any atom is -0.497 e. The summed E-state index contributed by atoms with van der Waals surface area (Å²) in [5.41, 5.74) is 1.08. The van der Waals surface area contributed by atoms with Crippen LogP contribution in [-0.4, -0.2) is 30.0 Å². The summed E-state index contributed by atoms with van der Waals surface area (Å²) in [6.45, 7) is 0.511. The topological polar surface area (TPSA) is 58.6 Å². The van der Waals surface area contributed by atoms with Crippen LogP contribution in [0.2, 0.25) is 0 Å². The van der Waals surface area contributed by atoms with Gasteiger partial charge in [0.25, 0.3) is 0 Å². The van der Waals surface area contributed by atoms with Crippen molar-refractivity contribution in [2.75, 3.05) is 13.7 Å². The van der Waals surface area contributed by atoms with Crippen LogP contribution >= 0.6 is 11.8 Å². The van der Waals surface area contributed by atoms with Crippen LogP contribution in [0.5, 0.6) is 5.75 Å². The largest absolute Gasteiger partial charge is 0.497 e. The second-order valence-corrected chi connectivity index (χ2v) is 4.84. The van der Waals surface area contributed by atoms with Crippen LogP contribution in [0.15, 0.2) is 24.3 Å². The zero-order valence-electron chi connectivity index (χ0n) is 8.84. The van der Waals surface area contributed by atoms with E-state index in [0.29, 0.717) is 6.54 Å². The first-order chi connectivity index (χ1) is 7.70. The van der Waals surface area contributed by atoms with Crippen LogP contribution in [0.1, 0.15) is 10.9 Å². The highest BCUT2D eigenvalue weighted by Gasteiger charge is 2.30. The Kier molecular flexibility index (Phi) is 3.36. The highest BCUT2D eigenvalue weighted by Crippen LogP contribution is 2.35. The summed E-state index contributed by atoms with van der Waals surface area (Å²) in [4.78, 5) is 10.8. The molecule has 1 aliphatic heterocycles. The maximum atomic E-state index is 10.8. The van der Waals surface area contributed by atoms with E-state index >= 15 is 0 Å². The first-order valence-corrected chi connectivity index (χ1v) is 5.90. The van der Waals surface area contributed by atoms with Crippen molar-refractivity contribution in [3.63, 3.8) is 0 Å². The van der Waals surface area contributed by atoms with Crippen LogP contribution in [0.3, 0.4) is 0 Å². The van der Waals surface area contributed by atoms with Gasteiger partial charge < -0.3 is 9.84 Å². The predicted octanol–water partition coefficient (Wildman–Crippen LogP) is 1.48. The highest BCUT2D eigenvalue weighted by atomic mass is 32.2. The van der Waals surface area contributed by atoms with Gasteiger partial charge in [-0.05, 0) is 17.7 Å².